The van der Waals surface area contributed by atoms with Crippen LogP contribution in [-0.4, -0.2) is 35.2 Å². The van der Waals surface area contributed by atoms with E-state index in [4.69, 9.17) is 10.5 Å². The lowest BCUT2D eigenvalue weighted by molar-refractivity contribution is -0.130. The summed E-state index contributed by atoms with van der Waals surface area (Å²) in [5.74, 6) is 0.834. The predicted octanol–water partition coefficient (Wildman–Crippen LogP) is 2.62. The molecule has 6 nitrogen and oxygen atoms in total. The number of nitrogens with one attached hydrogen (secondary N) is 1. The number of halogens is 2. The number of aryl methyl sites for hydroxylation is 1. The lowest BCUT2D eigenvalue weighted by Gasteiger charge is -2.34. The molecule has 1 aromatic heterocycles. The average molecular weight is 387 g/mol. The van der Waals surface area contributed by atoms with Crippen LogP contribution < -0.4 is 11.1 Å². The molecule has 0 radical (unpaired) electrons. The van der Waals surface area contributed by atoms with Gasteiger partial charge in [-0.1, -0.05) is 12.1 Å². The van der Waals surface area contributed by atoms with E-state index in [0.29, 0.717) is 32.6 Å². The Morgan fingerprint density at radius 2 is 2.08 bits per heavy atom. The smallest absolute Gasteiger partial charge is 0.232 e. The van der Waals surface area contributed by atoms with Gasteiger partial charge in [-0.05, 0) is 25.0 Å². The summed E-state index contributed by atoms with van der Waals surface area (Å²) in [6.07, 6.45) is 4.97. The zero-order valence-corrected chi connectivity index (χ0v) is 15.7. The highest BCUT2D eigenvalue weighted by molar-refractivity contribution is 5.96. The van der Waals surface area contributed by atoms with Crippen molar-refractivity contribution in [1.29, 1.82) is 0 Å². The van der Waals surface area contributed by atoms with Gasteiger partial charge in [-0.15, -0.1) is 24.8 Å². The maximum atomic E-state index is 12.7. The second kappa shape index (κ2) is 9.20. The molecule has 1 aliphatic rings. The number of aromatic nitrogens is 2. The predicted molar refractivity (Wildman–Crippen MR) is 103 cm³/mol. The van der Waals surface area contributed by atoms with Gasteiger partial charge >= 0.3 is 0 Å². The number of anilines is 1. The number of ether oxygens (including phenoxy) is 1. The van der Waals surface area contributed by atoms with Gasteiger partial charge in [0.1, 0.15) is 5.82 Å². The summed E-state index contributed by atoms with van der Waals surface area (Å²) in [7, 11) is 1.94. The van der Waals surface area contributed by atoms with Gasteiger partial charge < -0.3 is 20.4 Å². The van der Waals surface area contributed by atoms with E-state index in [0.717, 1.165) is 17.1 Å². The second-order valence-electron chi connectivity index (χ2n) is 5.99. The summed E-state index contributed by atoms with van der Waals surface area (Å²) >= 11 is 0. The molecule has 2 heterocycles. The molecular weight excluding hydrogens is 363 g/mol. The summed E-state index contributed by atoms with van der Waals surface area (Å²) in [6.45, 7) is 1.50. The van der Waals surface area contributed by atoms with E-state index in [9.17, 15) is 4.79 Å². The van der Waals surface area contributed by atoms with Gasteiger partial charge in [0.25, 0.3) is 0 Å². The number of amides is 1. The molecule has 1 amide bonds. The van der Waals surface area contributed by atoms with E-state index < -0.39 is 5.41 Å². The van der Waals surface area contributed by atoms with Crippen LogP contribution in [0, 0.1) is 5.41 Å². The molecule has 1 aliphatic heterocycles. The number of carbonyl (C=O) groups is 1. The third-order valence-corrected chi connectivity index (χ3v) is 4.52. The molecule has 0 saturated carbocycles. The van der Waals surface area contributed by atoms with Crippen LogP contribution in [0.3, 0.4) is 0 Å². The highest BCUT2D eigenvalue weighted by Gasteiger charge is 2.38. The van der Waals surface area contributed by atoms with E-state index in [1.54, 1.807) is 6.20 Å². The van der Waals surface area contributed by atoms with Gasteiger partial charge in [-0.25, -0.2) is 4.98 Å². The minimum absolute atomic E-state index is 0. The highest BCUT2D eigenvalue weighted by atomic mass is 35.5. The van der Waals surface area contributed by atoms with Crippen LogP contribution in [0.2, 0.25) is 0 Å². The first-order chi connectivity index (χ1) is 11.1. The third kappa shape index (κ3) is 4.52. The fourth-order valence-electron chi connectivity index (χ4n) is 2.93. The molecule has 0 unspecified atom stereocenters. The van der Waals surface area contributed by atoms with Gasteiger partial charge in [0, 0.05) is 50.5 Å². The minimum Gasteiger partial charge on any atom is -0.381 e. The van der Waals surface area contributed by atoms with Crippen molar-refractivity contribution in [2.24, 2.45) is 18.2 Å². The summed E-state index contributed by atoms with van der Waals surface area (Å²) in [5.41, 5.74) is 7.08. The number of hydrogen-bond donors (Lipinski definition) is 2. The monoisotopic (exact) mass is 386 g/mol. The number of hydrogen-bond acceptors (Lipinski definition) is 4. The van der Waals surface area contributed by atoms with Crippen molar-refractivity contribution in [2.75, 3.05) is 25.1 Å². The first-order valence-electron chi connectivity index (χ1n) is 7.82. The summed E-state index contributed by atoms with van der Waals surface area (Å²) in [5, 5.41) is 3.01. The number of imidazole rings is 1. The van der Waals surface area contributed by atoms with E-state index in [-0.39, 0.29) is 30.7 Å². The van der Waals surface area contributed by atoms with Crippen LogP contribution in [0.4, 0.5) is 5.69 Å². The van der Waals surface area contributed by atoms with E-state index >= 15 is 0 Å². The molecule has 25 heavy (non-hydrogen) atoms. The zero-order chi connectivity index (χ0) is 16.3. The lowest BCUT2D eigenvalue weighted by atomic mass is 9.79. The SMILES string of the molecule is Cl.Cl.Cn1ccnc1-c1cccc(NC(=O)C2(CN)CCOCC2)c1. The Morgan fingerprint density at radius 3 is 2.68 bits per heavy atom. The molecule has 1 saturated heterocycles. The lowest BCUT2D eigenvalue weighted by Crippen LogP contribution is -2.46. The van der Waals surface area contributed by atoms with Crippen molar-refractivity contribution in [1.82, 2.24) is 9.55 Å². The number of benzene rings is 1. The standard InChI is InChI=1S/C17H22N4O2.2ClH/c1-21-8-7-19-15(21)13-3-2-4-14(11-13)20-16(22)17(12-18)5-9-23-10-6-17;;/h2-4,7-8,11H,5-6,9-10,12,18H2,1H3,(H,20,22);2*1H. The minimum atomic E-state index is -0.530. The van der Waals surface area contributed by atoms with Crippen LogP contribution in [0.5, 0.6) is 0 Å². The second-order valence-corrected chi connectivity index (χ2v) is 5.99. The number of carbonyl (C=O) groups excluding carboxylic acids is 1. The van der Waals surface area contributed by atoms with E-state index in [2.05, 4.69) is 10.3 Å². The Balaban J connectivity index is 0.00000156. The van der Waals surface area contributed by atoms with Crippen molar-refractivity contribution in [3.63, 3.8) is 0 Å². The molecule has 2 aromatic rings. The van der Waals surface area contributed by atoms with Crippen LogP contribution in [-0.2, 0) is 16.6 Å². The maximum absolute atomic E-state index is 12.7. The van der Waals surface area contributed by atoms with Gasteiger partial charge in [-0.2, -0.15) is 0 Å². The van der Waals surface area contributed by atoms with Crippen LogP contribution in [0.15, 0.2) is 36.7 Å². The quantitative estimate of drug-likeness (QED) is 0.845. The third-order valence-electron chi connectivity index (χ3n) is 4.52. The van der Waals surface area contributed by atoms with Gasteiger partial charge in [0.05, 0.1) is 5.41 Å². The van der Waals surface area contributed by atoms with Gasteiger partial charge in [0.2, 0.25) is 5.91 Å². The Morgan fingerprint density at radius 1 is 1.36 bits per heavy atom. The summed E-state index contributed by atoms with van der Waals surface area (Å²) in [6, 6.07) is 7.71. The Bertz CT molecular complexity index is 699. The molecule has 1 fully saturated rings. The molecule has 3 rings (SSSR count). The van der Waals surface area contributed by atoms with Crippen molar-refractivity contribution < 1.29 is 9.53 Å². The molecule has 8 heteroatoms. The topological polar surface area (TPSA) is 82.2 Å². The summed E-state index contributed by atoms with van der Waals surface area (Å²) in [4.78, 5) is 17.1. The molecule has 0 bridgehead atoms. The van der Waals surface area contributed by atoms with Crippen molar-refractivity contribution in [3.8, 4) is 11.4 Å². The van der Waals surface area contributed by atoms with Crippen molar-refractivity contribution in [3.05, 3.63) is 36.7 Å². The fourth-order valence-corrected chi connectivity index (χ4v) is 2.93. The van der Waals surface area contributed by atoms with E-state index in [1.165, 1.54) is 0 Å². The molecule has 0 aliphatic carbocycles. The molecule has 1 aromatic carbocycles. The fraction of sp³-hybridized carbons (Fsp3) is 0.412. The maximum Gasteiger partial charge on any atom is 0.232 e. The number of rotatable bonds is 4. The van der Waals surface area contributed by atoms with Gasteiger partial charge in [0.15, 0.2) is 0 Å². The molecular formula is C17H24Cl2N4O2. The Kier molecular flexibility index (Phi) is 7.89. The largest absolute Gasteiger partial charge is 0.381 e. The van der Waals surface area contributed by atoms with Crippen LogP contribution in [0.25, 0.3) is 11.4 Å². The summed E-state index contributed by atoms with van der Waals surface area (Å²) < 4.78 is 7.31. The first kappa shape index (κ1) is 21.4. The first-order valence-corrected chi connectivity index (χ1v) is 7.82. The van der Waals surface area contributed by atoms with Crippen molar-refractivity contribution >= 4 is 36.4 Å². The van der Waals surface area contributed by atoms with E-state index in [1.807, 2.05) is 42.1 Å². The van der Waals surface area contributed by atoms with Crippen LogP contribution >= 0.6 is 24.8 Å². The normalized spacial score (nSPS) is 15.6. The molecule has 0 atom stereocenters. The van der Waals surface area contributed by atoms with Crippen LogP contribution in [0.1, 0.15) is 12.8 Å². The molecule has 3 N–H and O–H groups in total. The highest BCUT2D eigenvalue weighted by Crippen LogP contribution is 2.31. The van der Waals surface area contributed by atoms with Gasteiger partial charge in [-0.3, -0.25) is 4.79 Å². The Labute approximate surface area is 160 Å². The number of nitrogens with two attached hydrogens (primary N) is 1. The molecule has 138 valence electrons. The average Bonchev–Trinajstić information content (AvgIpc) is 3.01. The van der Waals surface area contributed by atoms with Crippen molar-refractivity contribution in [2.45, 2.75) is 12.8 Å². The Hall–Kier alpha value is -1.60. The number of nitrogens with zero attached hydrogens (tertiary/aromatic N) is 2. The zero-order valence-electron chi connectivity index (χ0n) is 14.1. The molecule has 0 spiro atoms.